The highest BCUT2D eigenvalue weighted by Crippen LogP contribution is 2.20. The first-order valence-electron chi connectivity index (χ1n) is 9.07. The van der Waals surface area contributed by atoms with Crippen LogP contribution >= 0.6 is 0 Å². The first-order valence-corrected chi connectivity index (χ1v) is 10.6. The lowest BCUT2D eigenvalue weighted by atomic mass is 10.1. The van der Waals surface area contributed by atoms with Crippen LogP contribution in [0, 0.1) is 12.7 Å². The molecule has 1 aliphatic heterocycles. The Balaban J connectivity index is 1.57. The van der Waals surface area contributed by atoms with E-state index in [2.05, 4.69) is 4.90 Å². The summed E-state index contributed by atoms with van der Waals surface area (Å²) in [5, 5.41) is 0. The summed E-state index contributed by atoms with van der Waals surface area (Å²) in [6, 6.07) is 9.84. The minimum absolute atomic E-state index is 0.217. The molecule has 0 aromatic heterocycles. The van der Waals surface area contributed by atoms with E-state index in [4.69, 9.17) is 0 Å². The summed E-state index contributed by atoms with van der Waals surface area (Å²) in [5.74, 6) is -4.07. The van der Waals surface area contributed by atoms with E-state index in [1.54, 1.807) is 24.0 Å². The van der Waals surface area contributed by atoms with Gasteiger partial charge in [0, 0.05) is 38.3 Å². The van der Waals surface area contributed by atoms with E-state index in [1.165, 1.54) is 30.3 Å². The largest absolute Gasteiger partial charge is 0.341 e. The molecule has 1 fully saturated rings. The molecule has 9 heteroatoms. The molecular weight excluding hydrogens is 405 g/mol. The molecule has 1 aliphatic rings. The van der Waals surface area contributed by atoms with Crippen molar-refractivity contribution >= 4 is 15.7 Å². The van der Waals surface area contributed by atoms with E-state index in [0.29, 0.717) is 43.9 Å². The highest BCUT2D eigenvalue weighted by Gasteiger charge is 2.26. The zero-order valence-corrected chi connectivity index (χ0v) is 16.6. The maximum atomic E-state index is 13.7. The molecule has 29 heavy (non-hydrogen) atoms. The lowest BCUT2D eigenvalue weighted by Gasteiger charge is -2.34. The number of sulfone groups is 1. The van der Waals surface area contributed by atoms with Gasteiger partial charge in [0.15, 0.2) is 0 Å². The molecule has 2 aromatic carbocycles. The van der Waals surface area contributed by atoms with Gasteiger partial charge in [0.1, 0.15) is 5.82 Å². The standard InChI is InChI=1S/C20H21F3N2O3S/c1-14-2-5-16(12-18(14)21)19(26)25-10-8-24(9-11-25)13-15-3-6-17(7-4-15)29(27,28)20(22)23/h2-7,12,20H,8-11,13H2,1H3. The number of piperazine rings is 1. The summed E-state index contributed by atoms with van der Waals surface area (Å²) in [6.45, 7) is 4.29. The minimum Gasteiger partial charge on any atom is -0.336 e. The monoisotopic (exact) mass is 426 g/mol. The predicted molar refractivity (Wildman–Crippen MR) is 102 cm³/mol. The number of rotatable bonds is 5. The normalized spacial score (nSPS) is 15.7. The average Bonchev–Trinajstić information content (AvgIpc) is 2.70. The molecule has 0 N–H and O–H groups in total. The van der Waals surface area contributed by atoms with Gasteiger partial charge in [0.2, 0.25) is 9.84 Å². The third-order valence-corrected chi connectivity index (χ3v) is 6.37. The Labute approximate surface area is 167 Å². The summed E-state index contributed by atoms with van der Waals surface area (Å²) in [5.41, 5.74) is 1.59. The molecule has 0 spiro atoms. The van der Waals surface area contributed by atoms with Crippen LogP contribution in [-0.4, -0.2) is 56.1 Å². The summed E-state index contributed by atoms with van der Waals surface area (Å²) in [6.07, 6.45) is 0. The molecule has 3 rings (SSSR count). The second kappa shape index (κ2) is 8.54. The molecular formula is C20H21F3N2O3S. The van der Waals surface area contributed by atoms with Crippen LogP contribution in [0.4, 0.5) is 13.2 Å². The number of amides is 1. The van der Waals surface area contributed by atoms with E-state index in [0.717, 1.165) is 5.56 Å². The maximum absolute atomic E-state index is 13.7. The minimum atomic E-state index is -4.59. The molecule has 2 aromatic rings. The number of carbonyl (C=O) groups is 1. The van der Waals surface area contributed by atoms with Crippen molar-refractivity contribution in [3.63, 3.8) is 0 Å². The van der Waals surface area contributed by atoms with Crippen LogP contribution in [0.1, 0.15) is 21.5 Å². The number of nitrogens with zero attached hydrogens (tertiary/aromatic N) is 2. The van der Waals surface area contributed by atoms with Gasteiger partial charge < -0.3 is 4.90 Å². The van der Waals surface area contributed by atoms with Crippen molar-refractivity contribution < 1.29 is 26.4 Å². The van der Waals surface area contributed by atoms with Gasteiger partial charge in [0.25, 0.3) is 5.91 Å². The summed E-state index contributed by atoms with van der Waals surface area (Å²) < 4.78 is 61.8. The number of benzene rings is 2. The number of hydrogen-bond donors (Lipinski definition) is 0. The van der Waals surface area contributed by atoms with Crippen LogP contribution in [-0.2, 0) is 16.4 Å². The Morgan fingerprint density at radius 2 is 1.66 bits per heavy atom. The highest BCUT2D eigenvalue weighted by molar-refractivity contribution is 7.91. The highest BCUT2D eigenvalue weighted by atomic mass is 32.2. The molecule has 0 aliphatic carbocycles. The van der Waals surface area contributed by atoms with Crippen molar-refractivity contribution in [2.24, 2.45) is 0 Å². The molecule has 1 saturated heterocycles. The van der Waals surface area contributed by atoms with E-state index >= 15 is 0 Å². The number of aryl methyl sites for hydroxylation is 1. The van der Waals surface area contributed by atoms with Gasteiger partial charge in [0.05, 0.1) is 4.90 Å². The first kappa shape index (κ1) is 21.3. The molecule has 5 nitrogen and oxygen atoms in total. The third kappa shape index (κ3) is 4.79. The fraction of sp³-hybridized carbons (Fsp3) is 0.350. The summed E-state index contributed by atoms with van der Waals surface area (Å²) in [4.78, 5) is 15.9. The lowest BCUT2D eigenvalue weighted by molar-refractivity contribution is 0.0628. The molecule has 1 amide bonds. The number of carbonyl (C=O) groups excluding carboxylic acids is 1. The Bertz CT molecular complexity index is 987. The van der Waals surface area contributed by atoms with E-state index in [-0.39, 0.29) is 5.91 Å². The van der Waals surface area contributed by atoms with Gasteiger partial charge in [-0.05, 0) is 42.3 Å². The van der Waals surface area contributed by atoms with Gasteiger partial charge in [-0.25, -0.2) is 12.8 Å². The Kier molecular flexibility index (Phi) is 6.28. The summed E-state index contributed by atoms with van der Waals surface area (Å²) >= 11 is 0. The molecule has 1 heterocycles. The van der Waals surface area contributed by atoms with Gasteiger partial charge in [-0.1, -0.05) is 18.2 Å². The van der Waals surface area contributed by atoms with Crippen LogP contribution in [0.25, 0.3) is 0 Å². The molecule has 0 saturated carbocycles. The van der Waals surface area contributed by atoms with E-state index in [9.17, 15) is 26.4 Å². The Hall–Kier alpha value is -2.39. The second-order valence-corrected chi connectivity index (χ2v) is 8.90. The van der Waals surface area contributed by atoms with Gasteiger partial charge >= 0.3 is 5.76 Å². The van der Waals surface area contributed by atoms with Gasteiger partial charge in [-0.2, -0.15) is 8.78 Å². The fourth-order valence-electron chi connectivity index (χ4n) is 3.16. The quantitative estimate of drug-likeness (QED) is 0.737. The van der Waals surface area contributed by atoms with Crippen LogP contribution in [0.5, 0.6) is 0 Å². The van der Waals surface area contributed by atoms with Crippen LogP contribution in [0.2, 0.25) is 0 Å². The van der Waals surface area contributed by atoms with Gasteiger partial charge in [-0.3, -0.25) is 9.69 Å². The topological polar surface area (TPSA) is 57.7 Å². The second-order valence-electron chi connectivity index (χ2n) is 6.98. The first-order chi connectivity index (χ1) is 13.7. The molecule has 0 radical (unpaired) electrons. The predicted octanol–water partition coefficient (Wildman–Crippen LogP) is 3.09. The number of hydrogen-bond acceptors (Lipinski definition) is 4. The average molecular weight is 426 g/mol. The lowest BCUT2D eigenvalue weighted by Crippen LogP contribution is -2.48. The zero-order chi connectivity index (χ0) is 21.2. The van der Waals surface area contributed by atoms with Crippen molar-refractivity contribution in [2.75, 3.05) is 26.2 Å². The van der Waals surface area contributed by atoms with Crippen molar-refractivity contribution in [3.05, 3.63) is 65.0 Å². The van der Waals surface area contributed by atoms with Crippen LogP contribution < -0.4 is 0 Å². The van der Waals surface area contributed by atoms with E-state index in [1.807, 2.05) is 0 Å². The van der Waals surface area contributed by atoms with Crippen LogP contribution in [0.3, 0.4) is 0 Å². The molecule has 156 valence electrons. The Morgan fingerprint density at radius 1 is 1.03 bits per heavy atom. The fourth-order valence-corrected chi connectivity index (χ4v) is 3.88. The van der Waals surface area contributed by atoms with Gasteiger partial charge in [-0.15, -0.1) is 0 Å². The zero-order valence-electron chi connectivity index (χ0n) is 15.8. The summed E-state index contributed by atoms with van der Waals surface area (Å²) in [7, 11) is -4.59. The van der Waals surface area contributed by atoms with E-state index < -0.39 is 26.3 Å². The smallest absolute Gasteiger partial charge is 0.336 e. The number of alkyl halides is 2. The maximum Gasteiger partial charge on any atom is 0.341 e. The molecule has 0 unspecified atom stereocenters. The van der Waals surface area contributed by atoms with Crippen molar-refractivity contribution in [3.8, 4) is 0 Å². The third-order valence-electron chi connectivity index (χ3n) is 4.97. The Morgan fingerprint density at radius 3 is 2.21 bits per heavy atom. The molecule has 0 bridgehead atoms. The SMILES string of the molecule is Cc1ccc(C(=O)N2CCN(Cc3ccc(S(=O)(=O)C(F)F)cc3)CC2)cc1F. The number of halogens is 3. The molecule has 0 atom stereocenters. The van der Waals surface area contributed by atoms with Crippen LogP contribution in [0.15, 0.2) is 47.4 Å². The van der Waals surface area contributed by atoms with Crippen molar-refractivity contribution in [2.45, 2.75) is 24.1 Å². The van der Waals surface area contributed by atoms with Crippen molar-refractivity contribution in [1.82, 2.24) is 9.80 Å². The van der Waals surface area contributed by atoms with Crippen molar-refractivity contribution in [1.29, 1.82) is 0 Å².